The quantitative estimate of drug-likeness (QED) is 0.117. The molecule has 0 saturated carbocycles. The van der Waals surface area contributed by atoms with Crippen LogP contribution in [0.15, 0.2) is 146 Å². The van der Waals surface area contributed by atoms with E-state index in [1.165, 1.54) is 33.4 Å². The van der Waals surface area contributed by atoms with Crippen LogP contribution in [-0.4, -0.2) is 15.0 Å². The zero-order valence-electron chi connectivity index (χ0n) is 32.6. The van der Waals surface area contributed by atoms with Gasteiger partial charge in [-0.1, -0.05) is 146 Å². The second kappa shape index (κ2) is 18.9. The Morgan fingerprint density at radius 1 is 0.228 bits per heavy atom. The lowest BCUT2D eigenvalue weighted by atomic mass is 9.87. The van der Waals surface area contributed by atoms with Crippen LogP contribution >= 0.6 is 0 Å². The average Bonchev–Trinajstić information content (AvgIpc) is 3.26. The standard InChI is InChI=1S/C54H45N3/c1-40-52(25-22-46-10-4-43(5-11-46)16-19-49-28-34-55-35-29-49)41(2)54(27-24-48-14-8-45(9-15-48)18-21-51-32-38-57-39-33-51)42(3)53(40)26-23-47-12-6-44(7-13-47)17-20-50-30-36-56-37-31-50/h4-39H,1-3H3/b19-16+,20-17+,21-18+,25-22+,26-23+,27-24+. The van der Waals surface area contributed by atoms with Gasteiger partial charge in [0, 0.05) is 37.2 Å². The number of pyridine rings is 3. The topological polar surface area (TPSA) is 38.7 Å². The van der Waals surface area contributed by atoms with E-state index in [4.69, 9.17) is 0 Å². The van der Waals surface area contributed by atoms with Gasteiger partial charge in [0.2, 0.25) is 0 Å². The fraction of sp³-hybridized carbons (Fsp3) is 0.0556. The Morgan fingerprint density at radius 2 is 0.386 bits per heavy atom. The van der Waals surface area contributed by atoms with Gasteiger partial charge in [-0.2, -0.15) is 0 Å². The number of aromatic nitrogens is 3. The minimum absolute atomic E-state index is 1.13. The normalized spacial score (nSPS) is 12.1. The van der Waals surface area contributed by atoms with Crippen LogP contribution < -0.4 is 0 Å². The first-order valence-corrected chi connectivity index (χ1v) is 19.2. The third-order valence-corrected chi connectivity index (χ3v) is 10.1. The van der Waals surface area contributed by atoms with Crippen molar-refractivity contribution in [3.63, 3.8) is 0 Å². The molecule has 7 rings (SSSR count). The van der Waals surface area contributed by atoms with Gasteiger partial charge in [-0.25, -0.2) is 0 Å². The summed E-state index contributed by atoms with van der Waals surface area (Å²) in [7, 11) is 0. The molecule has 0 aliphatic carbocycles. The molecular weight excluding hydrogens is 691 g/mol. The van der Waals surface area contributed by atoms with Crippen molar-refractivity contribution >= 4 is 72.9 Å². The SMILES string of the molecule is Cc1c(/C=C/c2ccc(/C=C/c3ccncc3)cc2)c(C)c(/C=C/c2ccc(/C=C/c3ccncc3)cc2)c(C)c1/C=C/c1ccc(/C=C/c2ccncc2)cc1. The predicted molar refractivity (Wildman–Crippen MR) is 246 cm³/mol. The maximum atomic E-state index is 4.11. The Kier molecular flexibility index (Phi) is 12.6. The lowest BCUT2D eigenvalue weighted by Crippen LogP contribution is -2.00. The van der Waals surface area contributed by atoms with Crippen LogP contribution in [0.25, 0.3) is 72.9 Å². The summed E-state index contributed by atoms with van der Waals surface area (Å²) < 4.78 is 0. The Morgan fingerprint density at radius 3 is 0.579 bits per heavy atom. The van der Waals surface area contributed by atoms with Crippen molar-refractivity contribution in [1.29, 1.82) is 0 Å². The van der Waals surface area contributed by atoms with E-state index in [1.54, 1.807) is 0 Å². The predicted octanol–water partition coefficient (Wildman–Crippen LogP) is 13.8. The highest BCUT2D eigenvalue weighted by Crippen LogP contribution is 2.32. The molecular formula is C54H45N3. The Hall–Kier alpha value is -7.23. The zero-order chi connectivity index (χ0) is 39.2. The largest absolute Gasteiger partial charge is 0.265 e. The minimum Gasteiger partial charge on any atom is -0.265 e. The van der Waals surface area contributed by atoms with Gasteiger partial charge in [0.05, 0.1) is 0 Å². The molecule has 0 spiro atoms. The van der Waals surface area contributed by atoms with Crippen molar-refractivity contribution < 1.29 is 0 Å². The van der Waals surface area contributed by atoms with Crippen LogP contribution in [0.2, 0.25) is 0 Å². The molecule has 57 heavy (non-hydrogen) atoms. The maximum Gasteiger partial charge on any atom is 0.0273 e. The van der Waals surface area contributed by atoms with Crippen molar-refractivity contribution in [2.45, 2.75) is 20.8 Å². The van der Waals surface area contributed by atoms with Crippen molar-refractivity contribution in [2.24, 2.45) is 0 Å². The third kappa shape index (κ3) is 10.5. The first kappa shape index (κ1) is 38.1. The summed E-state index contributed by atoms with van der Waals surface area (Å²) in [6, 6.07) is 38.1. The zero-order valence-corrected chi connectivity index (χ0v) is 32.6. The molecule has 4 aromatic carbocycles. The van der Waals surface area contributed by atoms with Gasteiger partial charge in [0.1, 0.15) is 0 Å². The van der Waals surface area contributed by atoms with Crippen molar-refractivity contribution in [3.8, 4) is 0 Å². The van der Waals surface area contributed by atoms with Gasteiger partial charge >= 0.3 is 0 Å². The summed E-state index contributed by atoms with van der Waals surface area (Å²) in [5, 5.41) is 0. The van der Waals surface area contributed by atoms with Gasteiger partial charge in [0.25, 0.3) is 0 Å². The number of rotatable bonds is 12. The van der Waals surface area contributed by atoms with Crippen LogP contribution in [0.4, 0.5) is 0 Å². The summed E-state index contributed by atoms with van der Waals surface area (Å²) in [6.07, 6.45) is 37.1. The first-order chi connectivity index (χ1) is 28.0. The number of hydrogen-bond donors (Lipinski definition) is 0. The minimum atomic E-state index is 1.13. The Bertz CT molecular complexity index is 2260. The maximum absolute atomic E-state index is 4.11. The Balaban J connectivity index is 1.16. The molecule has 0 aliphatic rings. The van der Waals surface area contributed by atoms with E-state index in [0.29, 0.717) is 0 Å². The molecule has 3 heteroatoms. The number of hydrogen-bond acceptors (Lipinski definition) is 3. The lowest BCUT2D eigenvalue weighted by molar-refractivity contribution is 1.27. The highest BCUT2D eigenvalue weighted by molar-refractivity contribution is 5.86. The van der Waals surface area contributed by atoms with Crippen LogP contribution in [0.5, 0.6) is 0 Å². The van der Waals surface area contributed by atoms with Crippen LogP contribution in [-0.2, 0) is 0 Å². The molecule has 0 saturated heterocycles. The molecule has 0 fully saturated rings. The average molecular weight is 736 g/mol. The molecule has 3 heterocycles. The molecule has 0 bridgehead atoms. The molecule has 3 aromatic heterocycles. The molecule has 7 aromatic rings. The Labute approximate surface area is 337 Å². The van der Waals surface area contributed by atoms with Gasteiger partial charge in [-0.15, -0.1) is 0 Å². The van der Waals surface area contributed by atoms with Crippen LogP contribution in [0.1, 0.15) is 83.5 Å². The molecule has 0 aliphatic heterocycles. The molecule has 0 radical (unpaired) electrons. The van der Waals surface area contributed by atoms with Crippen molar-refractivity contribution in [2.75, 3.05) is 0 Å². The van der Waals surface area contributed by atoms with E-state index >= 15 is 0 Å². The van der Waals surface area contributed by atoms with Gasteiger partial charge in [-0.05, 0) is 141 Å². The summed E-state index contributed by atoms with van der Waals surface area (Å²) in [6.45, 7) is 6.72. The van der Waals surface area contributed by atoms with E-state index < -0.39 is 0 Å². The van der Waals surface area contributed by atoms with E-state index in [-0.39, 0.29) is 0 Å². The van der Waals surface area contributed by atoms with E-state index in [9.17, 15) is 0 Å². The monoisotopic (exact) mass is 735 g/mol. The summed E-state index contributed by atoms with van der Waals surface area (Å²) in [5.41, 5.74) is 17.8. The second-order valence-corrected chi connectivity index (χ2v) is 14.0. The molecule has 0 N–H and O–H groups in total. The van der Waals surface area contributed by atoms with Crippen LogP contribution in [0, 0.1) is 20.8 Å². The third-order valence-electron chi connectivity index (χ3n) is 10.1. The summed E-state index contributed by atoms with van der Waals surface area (Å²) >= 11 is 0. The summed E-state index contributed by atoms with van der Waals surface area (Å²) in [5.74, 6) is 0. The molecule has 276 valence electrons. The molecule has 0 atom stereocenters. The first-order valence-electron chi connectivity index (χ1n) is 19.2. The van der Waals surface area contributed by atoms with Crippen LogP contribution in [0.3, 0.4) is 0 Å². The number of nitrogens with zero attached hydrogens (tertiary/aromatic N) is 3. The molecule has 0 amide bonds. The smallest absolute Gasteiger partial charge is 0.0273 e. The second-order valence-electron chi connectivity index (χ2n) is 14.0. The van der Waals surface area contributed by atoms with Crippen molar-refractivity contribution in [1.82, 2.24) is 15.0 Å². The van der Waals surface area contributed by atoms with Gasteiger partial charge in [0.15, 0.2) is 0 Å². The highest BCUT2D eigenvalue weighted by Gasteiger charge is 2.13. The summed E-state index contributed by atoms with van der Waals surface area (Å²) in [4.78, 5) is 12.3. The molecule has 0 unspecified atom stereocenters. The van der Waals surface area contributed by atoms with Gasteiger partial charge < -0.3 is 0 Å². The molecule has 3 nitrogen and oxygen atoms in total. The van der Waals surface area contributed by atoms with Crippen molar-refractivity contribution in [3.05, 3.63) is 230 Å². The van der Waals surface area contributed by atoms with Gasteiger partial charge in [-0.3, -0.25) is 15.0 Å². The number of benzene rings is 4. The van der Waals surface area contributed by atoms with E-state index in [0.717, 1.165) is 50.1 Å². The van der Waals surface area contributed by atoms with E-state index in [1.807, 2.05) is 73.6 Å². The lowest BCUT2D eigenvalue weighted by Gasteiger charge is -2.18. The highest BCUT2D eigenvalue weighted by atomic mass is 14.6. The fourth-order valence-corrected chi connectivity index (χ4v) is 6.72. The fourth-order valence-electron chi connectivity index (χ4n) is 6.72. The van der Waals surface area contributed by atoms with E-state index in [2.05, 4.69) is 181 Å².